The first-order chi connectivity index (χ1) is 10.6. The molecule has 0 radical (unpaired) electrons. The van der Waals surface area contributed by atoms with E-state index in [1.54, 1.807) is 6.21 Å². The van der Waals surface area contributed by atoms with E-state index in [4.69, 9.17) is 12.2 Å². The van der Waals surface area contributed by atoms with Gasteiger partial charge < -0.3 is 5.32 Å². The monoisotopic (exact) mass is 311 g/mol. The summed E-state index contributed by atoms with van der Waals surface area (Å²) in [6.07, 6.45) is 1.77. The van der Waals surface area contributed by atoms with E-state index in [1.807, 2.05) is 43.3 Å². The second-order valence-electron chi connectivity index (χ2n) is 5.46. The van der Waals surface area contributed by atoms with Crippen LogP contribution in [0.5, 0.6) is 0 Å². The standard InChI is InChI=1S/C18H21N3S/c1-13(2)15-8-10-17(11-9-15)20-18(22)21-19-12-16-7-5-4-6-14(16)3/h4-13H,1-3H3,(H2,20,21,22)/b19-12+. The zero-order valence-electron chi connectivity index (χ0n) is 13.1. The largest absolute Gasteiger partial charge is 0.331 e. The number of hydrogen-bond acceptors (Lipinski definition) is 2. The zero-order valence-corrected chi connectivity index (χ0v) is 13.9. The molecule has 2 aromatic rings. The molecule has 0 amide bonds. The highest BCUT2D eigenvalue weighted by atomic mass is 32.1. The van der Waals surface area contributed by atoms with Crippen LogP contribution in [0.1, 0.15) is 36.5 Å². The van der Waals surface area contributed by atoms with Gasteiger partial charge in [-0.2, -0.15) is 5.10 Å². The van der Waals surface area contributed by atoms with Crippen LogP contribution < -0.4 is 10.7 Å². The number of nitrogens with one attached hydrogen (secondary N) is 2. The molecule has 0 saturated carbocycles. The number of benzene rings is 2. The van der Waals surface area contributed by atoms with Gasteiger partial charge in [-0.25, -0.2) is 0 Å². The van der Waals surface area contributed by atoms with E-state index in [0.717, 1.165) is 11.3 Å². The summed E-state index contributed by atoms with van der Waals surface area (Å²) in [6.45, 7) is 6.40. The minimum absolute atomic E-state index is 0.474. The van der Waals surface area contributed by atoms with Crippen molar-refractivity contribution < 1.29 is 0 Å². The fourth-order valence-corrected chi connectivity index (χ4v) is 2.17. The van der Waals surface area contributed by atoms with Crippen LogP contribution in [0.3, 0.4) is 0 Å². The third-order valence-corrected chi connectivity index (χ3v) is 3.59. The molecule has 0 aliphatic heterocycles. The molecule has 0 fully saturated rings. The van der Waals surface area contributed by atoms with Crippen LogP contribution in [-0.2, 0) is 0 Å². The normalized spacial score (nSPS) is 10.9. The maximum atomic E-state index is 5.23. The van der Waals surface area contributed by atoms with Crippen molar-refractivity contribution in [3.8, 4) is 0 Å². The lowest BCUT2D eigenvalue weighted by atomic mass is 10.0. The summed E-state index contributed by atoms with van der Waals surface area (Å²) in [5, 5.41) is 7.76. The van der Waals surface area contributed by atoms with Gasteiger partial charge in [-0.15, -0.1) is 0 Å². The number of aryl methyl sites for hydroxylation is 1. The minimum Gasteiger partial charge on any atom is -0.331 e. The number of hydrazone groups is 1. The summed E-state index contributed by atoms with van der Waals surface area (Å²) in [4.78, 5) is 0. The van der Waals surface area contributed by atoms with Gasteiger partial charge in [0.15, 0.2) is 5.11 Å². The van der Waals surface area contributed by atoms with Crippen molar-refractivity contribution in [2.24, 2.45) is 5.10 Å². The SMILES string of the molecule is Cc1ccccc1/C=N/NC(=S)Nc1ccc(C(C)C)cc1. The first kappa shape index (κ1) is 16.2. The molecule has 0 aliphatic carbocycles. The Kier molecular flexibility index (Phi) is 5.67. The van der Waals surface area contributed by atoms with Crippen molar-refractivity contribution >= 4 is 29.2 Å². The van der Waals surface area contributed by atoms with Gasteiger partial charge in [-0.3, -0.25) is 5.43 Å². The molecule has 0 saturated heterocycles. The van der Waals surface area contributed by atoms with Gasteiger partial charge in [0.1, 0.15) is 0 Å². The Bertz CT molecular complexity index is 660. The second-order valence-corrected chi connectivity index (χ2v) is 5.87. The third-order valence-electron chi connectivity index (χ3n) is 3.39. The number of rotatable bonds is 4. The van der Waals surface area contributed by atoms with Gasteiger partial charge in [-0.05, 0) is 53.9 Å². The van der Waals surface area contributed by atoms with Crippen LogP contribution in [0, 0.1) is 6.92 Å². The summed E-state index contributed by atoms with van der Waals surface area (Å²) in [5.74, 6) is 0.526. The van der Waals surface area contributed by atoms with Gasteiger partial charge in [-0.1, -0.05) is 50.2 Å². The van der Waals surface area contributed by atoms with E-state index >= 15 is 0 Å². The first-order valence-electron chi connectivity index (χ1n) is 7.32. The molecule has 0 spiro atoms. The van der Waals surface area contributed by atoms with Gasteiger partial charge in [0.05, 0.1) is 6.21 Å². The van der Waals surface area contributed by atoms with Crippen molar-refractivity contribution in [2.75, 3.05) is 5.32 Å². The molecule has 22 heavy (non-hydrogen) atoms. The molecule has 0 heterocycles. The molecular formula is C18H21N3S. The van der Waals surface area contributed by atoms with Gasteiger partial charge in [0.2, 0.25) is 0 Å². The van der Waals surface area contributed by atoms with E-state index in [-0.39, 0.29) is 0 Å². The molecule has 2 rings (SSSR count). The summed E-state index contributed by atoms with van der Waals surface area (Å²) >= 11 is 5.23. The van der Waals surface area contributed by atoms with Crippen LogP contribution in [0.25, 0.3) is 0 Å². The highest BCUT2D eigenvalue weighted by molar-refractivity contribution is 7.80. The molecular weight excluding hydrogens is 290 g/mol. The van der Waals surface area contributed by atoms with Crippen molar-refractivity contribution in [1.82, 2.24) is 5.43 Å². The van der Waals surface area contributed by atoms with Crippen LogP contribution in [-0.4, -0.2) is 11.3 Å². The number of nitrogens with zero attached hydrogens (tertiary/aromatic N) is 1. The smallest absolute Gasteiger partial charge is 0.191 e. The molecule has 0 aromatic heterocycles. The summed E-state index contributed by atoms with van der Waals surface area (Å²) in [5.41, 5.74) is 7.34. The van der Waals surface area contributed by atoms with Crippen molar-refractivity contribution in [1.29, 1.82) is 0 Å². The molecule has 3 nitrogen and oxygen atoms in total. The van der Waals surface area contributed by atoms with Crippen LogP contribution in [0.2, 0.25) is 0 Å². The lowest BCUT2D eigenvalue weighted by Gasteiger charge is -2.09. The molecule has 114 valence electrons. The van der Waals surface area contributed by atoms with Crippen molar-refractivity contribution in [2.45, 2.75) is 26.7 Å². The van der Waals surface area contributed by atoms with Gasteiger partial charge in [0.25, 0.3) is 0 Å². The third kappa shape index (κ3) is 4.67. The van der Waals surface area contributed by atoms with Gasteiger partial charge in [0, 0.05) is 5.69 Å². The lowest BCUT2D eigenvalue weighted by Crippen LogP contribution is -2.23. The predicted molar refractivity (Wildman–Crippen MR) is 98.7 cm³/mol. The highest BCUT2D eigenvalue weighted by Crippen LogP contribution is 2.16. The molecule has 0 atom stereocenters. The Balaban J connectivity index is 1.89. The van der Waals surface area contributed by atoms with E-state index in [9.17, 15) is 0 Å². The Morgan fingerprint density at radius 2 is 1.77 bits per heavy atom. The van der Waals surface area contributed by atoms with E-state index in [1.165, 1.54) is 11.1 Å². The van der Waals surface area contributed by atoms with Crippen molar-refractivity contribution in [3.05, 3.63) is 65.2 Å². The molecule has 0 unspecified atom stereocenters. The fraction of sp³-hybridized carbons (Fsp3) is 0.222. The zero-order chi connectivity index (χ0) is 15.9. The average Bonchev–Trinajstić information content (AvgIpc) is 2.50. The Hall–Kier alpha value is -2.20. The molecule has 0 aliphatic rings. The predicted octanol–water partition coefficient (Wildman–Crippen LogP) is 4.44. The Labute approximate surface area is 137 Å². The van der Waals surface area contributed by atoms with E-state index in [0.29, 0.717) is 11.0 Å². The number of hydrogen-bond donors (Lipinski definition) is 2. The lowest BCUT2D eigenvalue weighted by molar-refractivity contribution is 0.867. The van der Waals surface area contributed by atoms with Crippen molar-refractivity contribution in [3.63, 3.8) is 0 Å². The average molecular weight is 311 g/mol. The Morgan fingerprint density at radius 3 is 2.41 bits per heavy atom. The fourth-order valence-electron chi connectivity index (χ4n) is 2.00. The van der Waals surface area contributed by atoms with E-state index in [2.05, 4.69) is 41.8 Å². The number of anilines is 1. The first-order valence-corrected chi connectivity index (χ1v) is 7.72. The van der Waals surface area contributed by atoms with E-state index < -0.39 is 0 Å². The minimum atomic E-state index is 0.474. The number of thiocarbonyl (C=S) groups is 1. The quantitative estimate of drug-likeness (QED) is 0.498. The summed E-state index contributed by atoms with van der Waals surface area (Å²) < 4.78 is 0. The molecule has 2 aromatic carbocycles. The maximum absolute atomic E-state index is 5.23. The molecule has 0 bridgehead atoms. The molecule has 2 N–H and O–H groups in total. The molecule has 4 heteroatoms. The maximum Gasteiger partial charge on any atom is 0.191 e. The van der Waals surface area contributed by atoms with Crippen LogP contribution >= 0.6 is 12.2 Å². The second kappa shape index (κ2) is 7.71. The highest BCUT2D eigenvalue weighted by Gasteiger charge is 2.00. The van der Waals surface area contributed by atoms with Crippen LogP contribution in [0.4, 0.5) is 5.69 Å². The van der Waals surface area contributed by atoms with Crippen LogP contribution in [0.15, 0.2) is 53.6 Å². The summed E-state index contributed by atoms with van der Waals surface area (Å²) in [6, 6.07) is 16.3. The van der Waals surface area contributed by atoms with Gasteiger partial charge >= 0.3 is 0 Å². The summed E-state index contributed by atoms with van der Waals surface area (Å²) in [7, 11) is 0. The Morgan fingerprint density at radius 1 is 1.09 bits per heavy atom. The topological polar surface area (TPSA) is 36.4 Å².